The minimum absolute atomic E-state index is 0.533. The summed E-state index contributed by atoms with van der Waals surface area (Å²) >= 11 is 0. The van der Waals surface area contributed by atoms with Gasteiger partial charge in [-0.25, -0.2) is 9.97 Å². The van der Waals surface area contributed by atoms with Gasteiger partial charge in [-0.15, -0.1) is 0 Å². The van der Waals surface area contributed by atoms with Gasteiger partial charge in [0.15, 0.2) is 0 Å². The number of hydrogen-bond donors (Lipinski definition) is 3. The fourth-order valence-corrected chi connectivity index (χ4v) is 1.75. The zero-order valence-electron chi connectivity index (χ0n) is 8.95. The normalized spacial score (nSPS) is 17.4. The number of aromatic nitrogens is 2. The molecule has 1 saturated heterocycles. The van der Waals surface area contributed by atoms with Crippen molar-refractivity contribution in [3.8, 4) is 0 Å². The Labute approximate surface area is 89.7 Å². The summed E-state index contributed by atoms with van der Waals surface area (Å²) in [5.41, 5.74) is 0. The van der Waals surface area contributed by atoms with Crippen LogP contribution in [0.4, 0.5) is 11.6 Å². The second-order valence-corrected chi connectivity index (χ2v) is 3.71. The average Bonchev–Trinajstić information content (AvgIpc) is 2.31. The van der Waals surface area contributed by atoms with Crippen molar-refractivity contribution < 1.29 is 0 Å². The van der Waals surface area contributed by atoms with E-state index in [1.54, 1.807) is 6.33 Å². The van der Waals surface area contributed by atoms with Crippen LogP contribution in [0.3, 0.4) is 0 Å². The second kappa shape index (κ2) is 4.93. The maximum atomic E-state index is 4.20. The minimum Gasteiger partial charge on any atom is -0.373 e. The van der Waals surface area contributed by atoms with Crippen molar-refractivity contribution in [1.29, 1.82) is 0 Å². The largest absolute Gasteiger partial charge is 0.373 e. The molecule has 1 aromatic rings. The van der Waals surface area contributed by atoms with Gasteiger partial charge in [-0.1, -0.05) is 0 Å². The summed E-state index contributed by atoms with van der Waals surface area (Å²) in [5.74, 6) is 1.75. The van der Waals surface area contributed by atoms with E-state index in [0.29, 0.717) is 6.04 Å². The third-order valence-corrected chi connectivity index (χ3v) is 2.61. The van der Waals surface area contributed by atoms with Crippen molar-refractivity contribution >= 4 is 11.6 Å². The molecule has 2 heterocycles. The molecular weight excluding hydrogens is 190 g/mol. The molecule has 5 heteroatoms. The molecule has 82 valence electrons. The third kappa shape index (κ3) is 2.79. The van der Waals surface area contributed by atoms with Gasteiger partial charge in [-0.2, -0.15) is 0 Å². The Kier molecular flexibility index (Phi) is 3.34. The summed E-state index contributed by atoms with van der Waals surface area (Å²) < 4.78 is 0. The Morgan fingerprint density at radius 1 is 1.27 bits per heavy atom. The van der Waals surface area contributed by atoms with Crippen LogP contribution >= 0.6 is 0 Å². The molecule has 1 fully saturated rings. The first kappa shape index (κ1) is 10.2. The van der Waals surface area contributed by atoms with Crippen LogP contribution in [0.2, 0.25) is 0 Å². The van der Waals surface area contributed by atoms with Crippen LogP contribution in [-0.2, 0) is 0 Å². The van der Waals surface area contributed by atoms with Gasteiger partial charge in [0.1, 0.15) is 18.0 Å². The molecule has 0 aliphatic carbocycles. The van der Waals surface area contributed by atoms with Crippen LogP contribution in [0.15, 0.2) is 12.4 Å². The molecule has 1 aliphatic rings. The molecule has 0 bridgehead atoms. The van der Waals surface area contributed by atoms with Gasteiger partial charge in [-0.05, 0) is 25.9 Å². The summed E-state index contributed by atoms with van der Waals surface area (Å²) in [6.07, 6.45) is 3.88. The van der Waals surface area contributed by atoms with Crippen molar-refractivity contribution in [2.75, 3.05) is 30.8 Å². The summed E-state index contributed by atoms with van der Waals surface area (Å²) in [4.78, 5) is 8.28. The second-order valence-electron chi connectivity index (χ2n) is 3.71. The Morgan fingerprint density at radius 3 is 2.73 bits per heavy atom. The van der Waals surface area contributed by atoms with E-state index in [2.05, 4.69) is 25.9 Å². The topological polar surface area (TPSA) is 61.9 Å². The van der Waals surface area contributed by atoms with Crippen molar-refractivity contribution in [2.24, 2.45) is 0 Å². The Balaban J connectivity index is 1.96. The van der Waals surface area contributed by atoms with Crippen molar-refractivity contribution in [3.05, 3.63) is 12.4 Å². The first-order valence-electron chi connectivity index (χ1n) is 5.35. The fraction of sp³-hybridized carbons (Fsp3) is 0.600. The molecule has 15 heavy (non-hydrogen) atoms. The number of anilines is 2. The summed E-state index contributed by atoms with van der Waals surface area (Å²) in [6.45, 7) is 2.17. The van der Waals surface area contributed by atoms with E-state index in [4.69, 9.17) is 0 Å². The summed E-state index contributed by atoms with van der Waals surface area (Å²) in [5, 5.41) is 9.76. The van der Waals surface area contributed by atoms with Crippen LogP contribution in [0.25, 0.3) is 0 Å². The fourth-order valence-electron chi connectivity index (χ4n) is 1.75. The van der Waals surface area contributed by atoms with Gasteiger partial charge in [0.05, 0.1) is 0 Å². The van der Waals surface area contributed by atoms with Crippen molar-refractivity contribution in [2.45, 2.75) is 18.9 Å². The van der Waals surface area contributed by atoms with Gasteiger partial charge in [0.25, 0.3) is 0 Å². The first-order valence-corrected chi connectivity index (χ1v) is 5.35. The predicted octanol–water partition coefficient (Wildman–Crippen LogP) is 0.682. The molecule has 0 atom stereocenters. The SMILES string of the molecule is CNc1cc(NC2CCNCC2)ncn1. The molecule has 0 saturated carbocycles. The van der Waals surface area contributed by atoms with E-state index in [0.717, 1.165) is 37.6 Å². The third-order valence-electron chi connectivity index (χ3n) is 2.61. The van der Waals surface area contributed by atoms with E-state index in [9.17, 15) is 0 Å². The van der Waals surface area contributed by atoms with Gasteiger partial charge < -0.3 is 16.0 Å². The Hall–Kier alpha value is -1.36. The van der Waals surface area contributed by atoms with Gasteiger partial charge >= 0.3 is 0 Å². The number of hydrogen-bond acceptors (Lipinski definition) is 5. The van der Waals surface area contributed by atoms with Crippen LogP contribution < -0.4 is 16.0 Å². The van der Waals surface area contributed by atoms with E-state index in [1.807, 2.05) is 13.1 Å². The van der Waals surface area contributed by atoms with Crippen LogP contribution in [-0.4, -0.2) is 36.1 Å². The van der Waals surface area contributed by atoms with Crippen molar-refractivity contribution in [3.63, 3.8) is 0 Å². The summed E-state index contributed by atoms with van der Waals surface area (Å²) in [7, 11) is 1.86. The Bertz CT molecular complexity index is 308. The average molecular weight is 207 g/mol. The standard InChI is InChI=1S/C10H17N5/c1-11-9-6-10(14-7-13-9)15-8-2-4-12-5-3-8/h6-8,12H,2-5H2,1H3,(H2,11,13,14,15). The quantitative estimate of drug-likeness (QED) is 0.680. The number of piperidine rings is 1. The lowest BCUT2D eigenvalue weighted by Gasteiger charge is -2.24. The molecule has 1 aliphatic heterocycles. The van der Waals surface area contributed by atoms with Gasteiger partial charge in [0.2, 0.25) is 0 Å². The number of nitrogens with one attached hydrogen (secondary N) is 3. The maximum absolute atomic E-state index is 4.20. The molecule has 0 spiro atoms. The molecule has 1 aromatic heterocycles. The molecule has 0 unspecified atom stereocenters. The highest BCUT2D eigenvalue weighted by Gasteiger charge is 2.12. The van der Waals surface area contributed by atoms with Gasteiger partial charge in [0, 0.05) is 19.2 Å². The van der Waals surface area contributed by atoms with Crippen molar-refractivity contribution in [1.82, 2.24) is 15.3 Å². The minimum atomic E-state index is 0.533. The number of rotatable bonds is 3. The highest BCUT2D eigenvalue weighted by Crippen LogP contribution is 2.12. The highest BCUT2D eigenvalue weighted by molar-refractivity contribution is 5.46. The molecule has 0 aromatic carbocycles. The smallest absolute Gasteiger partial charge is 0.131 e. The lowest BCUT2D eigenvalue weighted by molar-refractivity contribution is 0.478. The first-order chi connectivity index (χ1) is 7.38. The maximum Gasteiger partial charge on any atom is 0.131 e. The van der Waals surface area contributed by atoms with E-state index < -0.39 is 0 Å². The highest BCUT2D eigenvalue weighted by atomic mass is 15.1. The molecule has 5 nitrogen and oxygen atoms in total. The zero-order valence-corrected chi connectivity index (χ0v) is 8.95. The summed E-state index contributed by atoms with van der Waals surface area (Å²) in [6, 6.07) is 2.47. The molecular formula is C10H17N5. The molecule has 3 N–H and O–H groups in total. The molecule has 0 radical (unpaired) electrons. The van der Waals surface area contributed by atoms with Crippen LogP contribution in [0.5, 0.6) is 0 Å². The lowest BCUT2D eigenvalue weighted by atomic mass is 10.1. The molecule has 0 amide bonds. The van der Waals surface area contributed by atoms with Crippen LogP contribution in [0.1, 0.15) is 12.8 Å². The predicted molar refractivity (Wildman–Crippen MR) is 61.1 cm³/mol. The van der Waals surface area contributed by atoms with E-state index in [-0.39, 0.29) is 0 Å². The Morgan fingerprint density at radius 2 is 2.00 bits per heavy atom. The van der Waals surface area contributed by atoms with Crippen LogP contribution in [0, 0.1) is 0 Å². The zero-order chi connectivity index (χ0) is 10.5. The van der Waals surface area contributed by atoms with E-state index in [1.165, 1.54) is 0 Å². The molecule has 2 rings (SSSR count). The number of nitrogens with zero attached hydrogens (tertiary/aromatic N) is 2. The van der Waals surface area contributed by atoms with Gasteiger partial charge in [-0.3, -0.25) is 0 Å². The lowest BCUT2D eigenvalue weighted by Crippen LogP contribution is -2.35. The monoisotopic (exact) mass is 207 g/mol. The van der Waals surface area contributed by atoms with E-state index >= 15 is 0 Å².